The topological polar surface area (TPSA) is 111 Å². The molecule has 8 nitrogen and oxygen atoms in total. The van der Waals surface area contributed by atoms with E-state index in [0.717, 1.165) is 5.56 Å². The third-order valence-corrected chi connectivity index (χ3v) is 3.99. The zero-order valence-electron chi connectivity index (χ0n) is 14.9. The SMILES string of the molecule is COC(=O)CNc1c(-c2ccccc2)nc2cc(C(=O)NCCN)ccn12. The number of nitrogens with one attached hydrogen (secondary N) is 2. The van der Waals surface area contributed by atoms with Gasteiger partial charge in [0.2, 0.25) is 0 Å². The van der Waals surface area contributed by atoms with Crippen molar-refractivity contribution in [1.82, 2.24) is 14.7 Å². The van der Waals surface area contributed by atoms with Gasteiger partial charge in [0.15, 0.2) is 0 Å². The lowest BCUT2D eigenvalue weighted by Gasteiger charge is -2.08. The first-order chi connectivity index (χ1) is 13.1. The molecular weight excluding hydrogens is 346 g/mol. The molecule has 2 heterocycles. The Morgan fingerprint density at radius 2 is 2.00 bits per heavy atom. The summed E-state index contributed by atoms with van der Waals surface area (Å²) in [6, 6.07) is 13.0. The van der Waals surface area contributed by atoms with Crippen molar-refractivity contribution in [3.63, 3.8) is 0 Å². The number of rotatable bonds is 7. The van der Waals surface area contributed by atoms with E-state index in [2.05, 4.69) is 15.6 Å². The van der Waals surface area contributed by atoms with Crippen molar-refractivity contribution in [2.24, 2.45) is 5.73 Å². The minimum Gasteiger partial charge on any atom is -0.468 e. The molecule has 27 heavy (non-hydrogen) atoms. The molecule has 0 saturated heterocycles. The van der Waals surface area contributed by atoms with Crippen LogP contribution in [0.5, 0.6) is 0 Å². The van der Waals surface area contributed by atoms with Gasteiger partial charge in [-0.25, -0.2) is 4.98 Å². The maximum Gasteiger partial charge on any atom is 0.325 e. The molecule has 3 aromatic rings. The predicted molar refractivity (Wildman–Crippen MR) is 103 cm³/mol. The van der Waals surface area contributed by atoms with Crippen molar-refractivity contribution >= 4 is 23.3 Å². The number of benzene rings is 1. The Labute approximate surface area is 156 Å². The molecule has 3 rings (SSSR count). The van der Waals surface area contributed by atoms with Crippen LogP contribution >= 0.6 is 0 Å². The van der Waals surface area contributed by atoms with Gasteiger partial charge in [0.1, 0.15) is 23.7 Å². The van der Waals surface area contributed by atoms with Crippen LogP contribution < -0.4 is 16.4 Å². The number of carbonyl (C=O) groups is 2. The van der Waals surface area contributed by atoms with Crippen molar-refractivity contribution in [3.05, 3.63) is 54.2 Å². The van der Waals surface area contributed by atoms with E-state index >= 15 is 0 Å². The molecule has 0 aliphatic carbocycles. The van der Waals surface area contributed by atoms with E-state index < -0.39 is 0 Å². The number of methoxy groups -OCH3 is 1. The predicted octanol–water partition coefficient (Wildman–Crippen LogP) is 1.27. The summed E-state index contributed by atoms with van der Waals surface area (Å²) in [4.78, 5) is 28.4. The molecule has 140 valence electrons. The Hall–Kier alpha value is -3.39. The summed E-state index contributed by atoms with van der Waals surface area (Å²) in [6.07, 6.45) is 1.74. The van der Waals surface area contributed by atoms with Gasteiger partial charge in [-0.15, -0.1) is 0 Å². The van der Waals surface area contributed by atoms with E-state index in [9.17, 15) is 9.59 Å². The molecule has 1 aromatic carbocycles. The first-order valence-corrected chi connectivity index (χ1v) is 8.50. The van der Waals surface area contributed by atoms with Gasteiger partial charge < -0.3 is 21.1 Å². The Kier molecular flexibility index (Phi) is 5.68. The van der Waals surface area contributed by atoms with Crippen molar-refractivity contribution < 1.29 is 14.3 Å². The second-order valence-corrected chi connectivity index (χ2v) is 5.79. The summed E-state index contributed by atoms with van der Waals surface area (Å²) in [7, 11) is 1.34. The van der Waals surface area contributed by atoms with E-state index in [1.807, 2.05) is 30.3 Å². The van der Waals surface area contributed by atoms with Gasteiger partial charge in [0.25, 0.3) is 5.91 Å². The van der Waals surface area contributed by atoms with Gasteiger partial charge >= 0.3 is 5.97 Å². The van der Waals surface area contributed by atoms with Crippen molar-refractivity contribution in [1.29, 1.82) is 0 Å². The van der Waals surface area contributed by atoms with Gasteiger partial charge in [0.05, 0.1) is 7.11 Å². The number of pyridine rings is 1. The summed E-state index contributed by atoms with van der Waals surface area (Å²) in [6.45, 7) is 0.777. The van der Waals surface area contributed by atoms with Crippen LogP contribution in [0, 0.1) is 0 Å². The molecule has 1 amide bonds. The third kappa shape index (κ3) is 4.06. The van der Waals surface area contributed by atoms with E-state index in [1.54, 1.807) is 22.7 Å². The van der Waals surface area contributed by atoms with Gasteiger partial charge in [-0.2, -0.15) is 0 Å². The zero-order chi connectivity index (χ0) is 19.2. The maximum atomic E-state index is 12.2. The first kappa shape index (κ1) is 18.4. The van der Waals surface area contributed by atoms with Crippen LogP contribution in [-0.4, -0.2) is 48.0 Å². The minimum atomic E-state index is -0.387. The first-order valence-electron chi connectivity index (χ1n) is 8.50. The Balaban J connectivity index is 2.03. The summed E-state index contributed by atoms with van der Waals surface area (Å²) >= 11 is 0. The molecule has 0 aliphatic heterocycles. The number of carbonyl (C=O) groups excluding carboxylic acids is 2. The zero-order valence-corrected chi connectivity index (χ0v) is 14.9. The summed E-state index contributed by atoms with van der Waals surface area (Å²) < 4.78 is 6.50. The number of nitrogens with two attached hydrogens (primary N) is 1. The highest BCUT2D eigenvalue weighted by molar-refractivity contribution is 5.95. The molecule has 0 spiro atoms. The molecule has 0 unspecified atom stereocenters. The average Bonchev–Trinajstić information content (AvgIpc) is 3.08. The van der Waals surface area contributed by atoms with Crippen LogP contribution in [0.4, 0.5) is 5.82 Å². The number of hydrogen-bond donors (Lipinski definition) is 3. The number of fused-ring (bicyclic) bond motifs is 1. The molecule has 0 aliphatic rings. The van der Waals surface area contributed by atoms with Crippen LogP contribution in [0.3, 0.4) is 0 Å². The fraction of sp³-hybridized carbons (Fsp3) is 0.211. The lowest BCUT2D eigenvalue weighted by molar-refractivity contribution is -0.138. The largest absolute Gasteiger partial charge is 0.468 e. The molecule has 4 N–H and O–H groups in total. The fourth-order valence-corrected chi connectivity index (χ4v) is 2.67. The number of anilines is 1. The molecule has 0 atom stereocenters. The highest BCUT2D eigenvalue weighted by Crippen LogP contribution is 2.29. The Bertz CT molecular complexity index is 953. The summed E-state index contributed by atoms with van der Waals surface area (Å²) in [5.41, 5.74) is 8.07. The van der Waals surface area contributed by atoms with Crippen molar-refractivity contribution in [2.75, 3.05) is 32.1 Å². The van der Waals surface area contributed by atoms with Crippen LogP contribution in [0.25, 0.3) is 16.9 Å². The smallest absolute Gasteiger partial charge is 0.325 e. The lowest BCUT2D eigenvalue weighted by atomic mass is 10.1. The highest BCUT2D eigenvalue weighted by atomic mass is 16.5. The molecule has 0 saturated carbocycles. The standard InChI is InChI=1S/C19H21N5O3/c1-27-16(25)12-22-18-17(13-5-3-2-4-6-13)23-15-11-14(7-10-24(15)18)19(26)21-9-8-20/h2-7,10-11,22H,8-9,12,20H2,1H3,(H,21,26). The quantitative estimate of drug-likeness (QED) is 0.543. The second-order valence-electron chi connectivity index (χ2n) is 5.79. The molecular formula is C19H21N5O3. The fourth-order valence-electron chi connectivity index (χ4n) is 2.67. The third-order valence-electron chi connectivity index (χ3n) is 3.99. The van der Waals surface area contributed by atoms with E-state index in [-0.39, 0.29) is 18.4 Å². The van der Waals surface area contributed by atoms with Crippen LogP contribution in [-0.2, 0) is 9.53 Å². The second kappa shape index (κ2) is 8.33. The number of imidazole rings is 1. The maximum absolute atomic E-state index is 12.2. The summed E-state index contributed by atoms with van der Waals surface area (Å²) in [5.74, 6) is 0.0496. The highest BCUT2D eigenvalue weighted by Gasteiger charge is 2.16. The molecule has 0 fully saturated rings. The number of aromatic nitrogens is 2. The van der Waals surface area contributed by atoms with Gasteiger partial charge in [-0.1, -0.05) is 30.3 Å². The van der Waals surface area contributed by atoms with E-state index in [1.165, 1.54) is 7.11 Å². The molecule has 2 aromatic heterocycles. The Morgan fingerprint density at radius 3 is 2.70 bits per heavy atom. The monoisotopic (exact) mass is 367 g/mol. The van der Waals surface area contributed by atoms with Crippen LogP contribution in [0.15, 0.2) is 48.7 Å². The van der Waals surface area contributed by atoms with Gasteiger partial charge in [-0.05, 0) is 12.1 Å². The van der Waals surface area contributed by atoms with Gasteiger partial charge in [0, 0.05) is 30.4 Å². The number of ether oxygens (including phenoxy) is 1. The van der Waals surface area contributed by atoms with Crippen molar-refractivity contribution in [3.8, 4) is 11.3 Å². The van der Waals surface area contributed by atoms with E-state index in [0.29, 0.717) is 35.8 Å². The van der Waals surface area contributed by atoms with Crippen LogP contribution in [0.1, 0.15) is 10.4 Å². The van der Waals surface area contributed by atoms with Gasteiger partial charge in [-0.3, -0.25) is 14.0 Å². The van der Waals surface area contributed by atoms with E-state index in [4.69, 9.17) is 10.5 Å². The summed E-state index contributed by atoms with van der Waals surface area (Å²) in [5, 5.41) is 5.81. The average molecular weight is 367 g/mol. The minimum absolute atomic E-state index is 0.00284. The normalized spacial score (nSPS) is 10.6. The number of esters is 1. The molecule has 0 radical (unpaired) electrons. The Morgan fingerprint density at radius 1 is 1.22 bits per heavy atom. The number of amides is 1. The number of hydrogen-bond acceptors (Lipinski definition) is 6. The molecule has 8 heteroatoms. The lowest BCUT2D eigenvalue weighted by Crippen LogP contribution is -2.29. The molecule has 0 bridgehead atoms. The van der Waals surface area contributed by atoms with Crippen LogP contribution in [0.2, 0.25) is 0 Å². The number of nitrogens with zero attached hydrogens (tertiary/aromatic N) is 2. The van der Waals surface area contributed by atoms with Crippen molar-refractivity contribution in [2.45, 2.75) is 0 Å².